The maximum Gasteiger partial charge on any atom is 0.354 e. The molecule has 0 saturated heterocycles. The summed E-state index contributed by atoms with van der Waals surface area (Å²) in [6, 6.07) is 24.7. The Hall–Kier alpha value is -3.63. The fraction of sp³-hybridized carbons (Fsp3) is 0.111. The molecule has 32 heavy (non-hydrogen) atoms. The first-order valence-electron chi connectivity index (χ1n) is 10.2. The van der Waals surface area contributed by atoms with E-state index in [-0.39, 0.29) is 5.69 Å². The second-order valence-electron chi connectivity index (χ2n) is 7.64. The predicted octanol–water partition coefficient (Wildman–Crippen LogP) is 6.96. The van der Waals surface area contributed by atoms with E-state index in [2.05, 4.69) is 11.1 Å². The number of pyridine rings is 1. The monoisotopic (exact) mass is 443 g/mol. The van der Waals surface area contributed by atoms with E-state index in [0.717, 1.165) is 33.4 Å². The van der Waals surface area contributed by atoms with Crippen LogP contribution in [0.5, 0.6) is 5.75 Å². The molecule has 0 aliphatic carbocycles. The standard InChI is InChI=1S/C27H22ClNO3/c1-17-8-10-21(18(2)14-17)22-11-13-24(27(30)31)29-26(22)20-9-12-23(28)25(15-20)32-16-19-6-4-3-5-7-19/h3-15H,16H2,1-2H3,(H,30,31). The van der Waals surface area contributed by atoms with Gasteiger partial charge in [0.1, 0.15) is 18.1 Å². The number of carbonyl (C=O) groups is 1. The summed E-state index contributed by atoms with van der Waals surface area (Å²) in [6.45, 7) is 4.45. The molecule has 1 heterocycles. The molecule has 0 saturated carbocycles. The number of aryl methyl sites for hydroxylation is 2. The summed E-state index contributed by atoms with van der Waals surface area (Å²) in [6.07, 6.45) is 0. The molecule has 0 radical (unpaired) electrons. The minimum atomic E-state index is -1.08. The zero-order chi connectivity index (χ0) is 22.7. The summed E-state index contributed by atoms with van der Waals surface area (Å²) in [4.78, 5) is 16.1. The summed E-state index contributed by atoms with van der Waals surface area (Å²) < 4.78 is 5.97. The van der Waals surface area contributed by atoms with Crippen molar-refractivity contribution in [2.75, 3.05) is 0 Å². The molecule has 0 aliphatic rings. The third-order valence-corrected chi connectivity index (χ3v) is 5.54. The molecule has 4 rings (SSSR count). The van der Waals surface area contributed by atoms with E-state index < -0.39 is 5.97 Å². The molecule has 5 heteroatoms. The van der Waals surface area contributed by atoms with E-state index >= 15 is 0 Å². The lowest BCUT2D eigenvalue weighted by atomic mass is 9.94. The summed E-state index contributed by atoms with van der Waals surface area (Å²) in [7, 11) is 0. The third kappa shape index (κ3) is 4.66. The van der Waals surface area contributed by atoms with Gasteiger partial charge in [0.2, 0.25) is 0 Å². The van der Waals surface area contributed by atoms with Crippen molar-refractivity contribution in [1.29, 1.82) is 0 Å². The second-order valence-corrected chi connectivity index (χ2v) is 8.04. The number of nitrogens with zero attached hydrogens (tertiary/aromatic N) is 1. The zero-order valence-corrected chi connectivity index (χ0v) is 18.6. The fourth-order valence-corrected chi connectivity index (χ4v) is 3.80. The molecule has 3 aromatic carbocycles. The SMILES string of the molecule is Cc1ccc(-c2ccc(C(=O)O)nc2-c2ccc(Cl)c(OCc3ccccc3)c2)c(C)c1. The van der Waals surface area contributed by atoms with Gasteiger partial charge in [0.15, 0.2) is 0 Å². The minimum absolute atomic E-state index is 0.0183. The Bertz CT molecular complexity index is 1290. The van der Waals surface area contributed by atoms with Gasteiger partial charge in [-0.05, 0) is 54.8 Å². The second kappa shape index (κ2) is 9.25. The minimum Gasteiger partial charge on any atom is -0.487 e. The summed E-state index contributed by atoms with van der Waals surface area (Å²) in [5.41, 5.74) is 6.40. The highest BCUT2D eigenvalue weighted by Gasteiger charge is 2.16. The van der Waals surface area contributed by atoms with Crippen molar-refractivity contribution in [3.8, 4) is 28.1 Å². The predicted molar refractivity (Wildman–Crippen MR) is 127 cm³/mol. The highest BCUT2D eigenvalue weighted by Crippen LogP contribution is 2.37. The van der Waals surface area contributed by atoms with Crippen LogP contribution in [0.25, 0.3) is 22.4 Å². The Morgan fingerprint density at radius 1 is 0.938 bits per heavy atom. The number of ether oxygens (including phenoxy) is 1. The quantitative estimate of drug-likeness (QED) is 0.349. The van der Waals surface area contributed by atoms with Gasteiger partial charge in [-0.25, -0.2) is 9.78 Å². The van der Waals surface area contributed by atoms with Crippen LogP contribution in [-0.4, -0.2) is 16.1 Å². The number of aromatic nitrogens is 1. The van der Waals surface area contributed by atoms with E-state index in [1.807, 2.05) is 74.5 Å². The van der Waals surface area contributed by atoms with Crippen LogP contribution in [0, 0.1) is 13.8 Å². The molecule has 0 fully saturated rings. The number of carboxylic acid groups (broad SMARTS) is 1. The Kier molecular flexibility index (Phi) is 6.24. The lowest BCUT2D eigenvalue weighted by Crippen LogP contribution is -2.03. The summed E-state index contributed by atoms with van der Waals surface area (Å²) in [5, 5.41) is 9.99. The van der Waals surface area contributed by atoms with Crippen molar-refractivity contribution in [2.45, 2.75) is 20.5 Å². The van der Waals surface area contributed by atoms with Gasteiger partial charge in [0, 0.05) is 11.1 Å². The van der Waals surface area contributed by atoms with E-state index in [9.17, 15) is 9.90 Å². The lowest BCUT2D eigenvalue weighted by molar-refractivity contribution is 0.0690. The van der Waals surface area contributed by atoms with E-state index in [4.69, 9.17) is 16.3 Å². The van der Waals surface area contributed by atoms with Crippen LogP contribution in [0.4, 0.5) is 0 Å². The van der Waals surface area contributed by atoms with Gasteiger partial charge >= 0.3 is 5.97 Å². The molecule has 4 aromatic rings. The Morgan fingerprint density at radius 3 is 2.41 bits per heavy atom. The molecule has 0 unspecified atom stereocenters. The van der Waals surface area contributed by atoms with Crippen LogP contribution in [0.3, 0.4) is 0 Å². The highest BCUT2D eigenvalue weighted by molar-refractivity contribution is 6.32. The van der Waals surface area contributed by atoms with E-state index in [0.29, 0.717) is 23.1 Å². The van der Waals surface area contributed by atoms with E-state index in [1.54, 1.807) is 6.07 Å². The van der Waals surface area contributed by atoms with Gasteiger partial charge < -0.3 is 9.84 Å². The highest BCUT2D eigenvalue weighted by atomic mass is 35.5. The first-order chi connectivity index (χ1) is 15.4. The van der Waals surface area contributed by atoms with Crippen LogP contribution >= 0.6 is 11.6 Å². The number of aromatic carboxylic acids is 1. The average molecular weight is 444 g/mol. The first kappa shape index (κ1) is 21.6. The molecule has 1 aromatic heterocycles. The Labute approximate surface area is 192 Å². The number of halogens is 1. The molecule has 0 amide bonds. The maximum absolute atomic E-state index is 11.6. The normalized spacial score (nSPS) is 10.7. The molecule has 1 N–H and O–H groups in total. The molecule has 0 aliphatic heterocycles. The zero-order valence-electron chi connectivity index (χ0n) is 17.8. The largest absolute Gasteiger partial charge is 0.487 e. The Morgan fingerprint density at radius 2 is 1.69 bits per heavy atom. The van der Waals surface area contributed by atoms with Gasteiger partial charge in [-0.15, -0.1) is 0 Å². The number of hydrogen-bond donors (Lipinski definition) is 1. The van der Waals surface area contributed by atoms with Gasteiger partial charge in [0.25, 0.3) is 0 Å². The van der Waals surface area contributed by atoms with Crippen LogP contribution in [0.15, 0.2) is 78.9 Å². The molecular weight excluding hydrogens is 422 g/mol. The number of rotatable bonds is 6. The molecule has 4 nitrogen and oxygen atoms in total. The molecule has 0 atom stereocenters. The molecule has 0 bridgehead atoms. The van der Waals surface area contributed by atoms with Crippen molar-refractivity contribution in [3.63, 3.8) is 0 Å². The average Bonchev–Trinajstić information content (AvgIpc) is 2.79. The van der Waals surface area contributed by atoms with Crippen molar-refractivity contribution in [2.24, 2.45) is 0 Å². The molecular formula is C27H22ClNO3. The van der Waals surface area contributed by atoms with Gasteiger partial charge in [0.05, 0.1) is 10.7 Å². The van der Waals surface area contributed by atoms with Crippen LogP contribution in [0.2, 0.25) is 5.02 Å². The Balaban J connectivity index is 1.79. The lowest BCUT2D eigenvalue weighted by Gasteiger charge is -2.15. The maximum atomic E-state index is 11.6. The van der Waals surface area contributed by atoms with Gasteiger partial charge in [-0.3, -0.25) is 0 Å². The van der Waals surface area contributed by atoms with Crippen molar-refractivity contribution >= 4 is 17.6 Å². The number of benzene rings is 3. The first-order valence-corrected chi connectivity index (χ1v) is 10.6. The van der Waals surface area contributed by atoms with Crippen LogP contribution in [0.1, 0.15) is 27.2 Å². The third-order valence-electron chi connectivity index (χ3n) is 5.23. The van der Waals surface area contributed by atoms with Gasteiger partial charge in [-0.1, -0.05) is 71.8 Å². The van der Waals surface area contributed by atoms with Crippen molar-refractivity contribution < 1.29 is 14.6 Å². The smallest absolute Gasteiger partial charge is 0.354 e. The van der Waals surface area contributed by atoms with E-state index in [1.165, 1.54) is 6.07 Å². The molecule has 160 valence electrons. The summed E-state index contributed by atoms with van der Waals surface area (Å²) >= 11 is 6.39. The van der Waals surface area contributed by atoms with Crippen LogP contribution < -0.4 is 4.74 Å². The topological polar surface area (TPSA) is 59.4 Å². The number of hydrogen-bond acceptors (Lipinski definition) is 3. The van der Waals surface area contributed by atoms with Crippen molar-refractivity contribution in [3.05, 3.63) is 106 Å². The fourth-order valence-electron chi connectivity index (χ4n) is 3.63. The number of carboxylic acids is 1. The van der Waals surface area contributed by atoms with Crippen molar-refractivity contribution in [1.82, 2.24) is 4.98 Å². The summed E-state index contributed by atoms with van der Waals surface area (Å²) in [5.74, 6) is -0.560. The van der Waals surface area contributed by atoms with Crippen LogP contribution in [-0.2, 0) is 6.61 Å². The van der Waals surface area contributed by atoms with Gasteiger partial charge in [-0.2, -0.15) is 0 Å². The molecule has 0 spiro atoms.